The number of hydrogen-bond donors (Lipinski definition) is 3. The van der Waals surface area contributed by atoms with Gasteiger partial charge in [0.15, 0.2) is 0 Å². The lowest BCUT2D eigenvalue weighted by Gasteiger charge is -2.09. The number of urea groups is 1. The normalized spacial score (nSPS) is 10.1. The first-order valence-corrected chi connectivity index (χ1v) is 6.57. The Morgan fingerprint density at radius 3 is 2.60 bits per heavy atom. The summed E-state index contributed by atoms with van der Waals surface area (Å²) in [5.74, 6) is 0. The molecule has 20 heavy (non-hydrogen) atoms. The number of rotatable bonds is 4. The van der Waals surface area contributed by atoms with Crippen molar-refractivity contribution >= 4 is 11.7 Å². The van der Waals surface area contributed by atoms with Crippen LogP contribution in [0.15, 0.2) is 48.5 Å². The smallest absolute Gasteiger partial charge is 0.319 e. The molecular weight excluding hydrogens is 250 g/mol. The van der Waals surface area contributed by atoms with Gasteiger partial charge in [0.2, 0.25) is 0 Å². The van der Waals surface area contributed by atoms with E-state index in [1.165, 1.54) is 5.56 Å². The van der Waals surface area contributed by atoms with Gasteiger partial charge in [-0.25, -0.2) is 4.79 Å². The molecule has 0 aromatic heterocycles. The summed E-state index contributed by atoms with van der Waals surface area (Å²) in [6.45, 7) is 2.99. The minimum Gasteiger partial charge on any atom is -0.334 e. The predicted molar refractivity (Wildman–Crippen MR) is 81.4 cm³/mol. The van der Waals surface area contributed by atoms with Crippen LogP contribution in [0.3, 0.4) is 0 Å². The molecule has 4 heteroatoms. The number of anilines is 1. The fourth-order valence-corrected chi connectivity index (χ4v) is 1.96. The van der Waals surface area contributed by atoms with Gasteiger partial charge in [-0.15, -0.1) is 0 Å². The first kappa shape index (κ1) is 14.1. The number of benzene rings is 2. The van der Waals surface area contributed by atoms with Gasteiger partial charge < -0.3 is 16.4 Å². The van der Waals surface area contributed by atoms with Crippen molar-refractivity contribution in [3.8, 4) is 0 Å². The molecule has 2 amide bonds. The van der Waals surface area contributed by atoms with Crippen molar-refractivity contribution in [3.63, 3.8) is 0 Å². The molecule has 104 valence electrons. The zero-order valence-corrected chi connectivity index (χ0v) is 11.5. The highest BCUT2D eigenvalue weighted by Crippen LogP contribution is 2.10. The van der Waals surface area contributed by atoms with Crippen molar-refractivity contribution in [1.82, 2.24) is 5.32 Å². The number of aryl methyl sites for hydroxylation is 1. The Morgan fingerprint density at radius 1 is 1.10 bits per heavy atom. The summed E-state index contributed by atoms with van der Waals surface area (Å²) in [5.41, 5.74) is 9.56. The number of carbonyl (C=O) groups is 1. The predicted octanol–water partition coefficient (Wildman–Crippen LogP) is 2.78. The van der Waals surface area contributed by atoms with Crippen LogP contribution in [0.2, 0.25) is 0 Å². The number of nitrogens with one attached hydrogen (secondary N) is 2. The van der Waals surface area contributed by atoms with Crippen molar-refractivity contribution in [2.75, 3.05) is 5.32 Å². The molecule has 0 aliphatic rings. The van der Waals surface area contributed by atoms with Crippen LogP contribution < -0.4 is 16.4 Å². The fourth-order valence-electron chi connectivity index (χ4n) is 1.96. The third-order valence-electron chi connectivity index (χ3n) is 2.96. The second kappa shape index (κ2) is 6.73. The van der Waals surface area contributed by atoms with Crippen LogP contribution in [-0.4, -0.2) is 6.03 Å². The molecule has 0 saturated carbocycles. The topological polar surface area (TPSA) is 67.2 Å². The van der Waals surface area contributed by atoms with E-state index < -0.39 is 0 Å². The summed E-state index contributed by atoms with van der Waals surface area (Å²) in [4.78, 5) is 11.8. The maximum atomic E-state index is 11.8. The first-order chi connectivity index (χ1) is 9.67. The van der Waals surface area contributed by atoms with E-state index in [1.807, 2.05) is 49.4 Å². The monoisotopic (exact) mass is 269 g/mol. The SMILES string of the molecule is Cc1cccc(CNC(=O)Nc2cccc(CN)c2)c1. The number of carbonyl (C=O) groups excluding carboxylic acids is 1. The van der Waals surface area contributed by atoms with Crippen LogP contribution >= 0.6 is 0 Å². The van der Waals surface area contributed by atoms with Crippen molar-refractivity contribution in [2.45, 2.75) is 20.0 Å². The molecule has 2 aromatic carbocycles. The summed E-state index contributed by atoms with van der Waals surface area (Å²) in [6, 6.07) is 15.3. The van der Waals surface area contributed by atoms with Crippen LogP contribution in [0.5, 0.6) is 0 Å². The number of hydrogen-bond acceptors (Lipinski definition) is 2. The molecular formula is C16H19N3O. The van der Waals surface area contributed by atoms with Gasteiger partial charge in [-0.05, 0) is 30.2 Å². The second-order valence-electron chi connectivity index (χ2n) is 4.70. The summed E-state index contributed by atoms with van der Waals surface area (Å²) in [6.07, 6.45) is 0. The van der Waals surface area contributed by atoms with Crippen LogP contribution in [0.4, 0.5) is 10.5 Å². The molecule has 0 unspecified atom stereocenters. The Morgan fingerprint density at radius 2 is 1.85 bits per heavy atom. The number of amides is 2. The molecule has 0 aliphatic carbocycles. The zero-order valence-electron chi connectivity index (χ0n) is 11.5. The van der Waals surface area contributed by atoms with E-state index in [2.05, 4.69) is 16.7 Å². The Bertz CT molecular complexity index is 596. The van der Waals surface area contributed by atoms with Gasteiger partial charge in [0.05, 0.1) is 0 Å². The Balaban J connectivity index is 1.89. The summed E-state index contributed by atoms with van der Waals surface area (Å²) in [7, 11) is 0. The van der Waals surface area contributed by atoms with Crippen LogP contribution in [0.25, 0.3) is 0 Å². The van der Waals surface area contributed by atoms with E-state index in [-0.39, 0.29) is 6.03 Å². The molecule has 4 nitrogen and oxygen atoms in total. The standard InChI is InChI=1S/C16H19N3O/c1-12-4-2-6-14(8-12)11-18-16(20)19-15-7-3-5-13(9-15)10-17/h2-9H,10-11,17H2,1H3,(H2,18,19,20). The summed E-state index contributed by atoms with van der Waals surface area (Å²) in [5, 5.41) is 5.63. The molecule has 0 radical (unpaired) electrons. The summed E-state index contributed by atoms with van der Waals surface area (Å²) >= 11 is 0. The molecule has 0 bridgehead atoms. The minimum absolute atomic E-state index is 0.222. The van der Waals surface area contributed by atoms with Gasteiger partial charge in [0, 0.05) is 18.8 Å². The van der Waals surface area contributed by atoms with Crippen molar-refractivity contribution in [2.24, 2.45) is 5.73 Å². The van der Waals surface area contributed by atoms with E-state index >= 15 is 0 Å². The summed E-state index contributed by atoms with van der Waals surface area (Å²) < 4.78 is 0. The maximum absolute atomic E-state index is 11.8. The van der Waals surface area contributed by atoms with E-state index in [0.717, 1.165) is 16.8 Å². The van der Waals surface area contributed by atoms with Gasteiger partial charge in [0.25, 0.3) is 0 Å². The largest absolute Gasteiger partial charge is 0.334 e. The average Bonchev–Trinajstić information content (AvgIpc) is 2.45. The molecule has 4 N–H and O–H groups in total. The Labute approximate surface area is 119 Å². The lowest BCUT2D eigenvalue weighted by atomic mass is 10.1. The highest BCUT2D eigenvalue weighted by molar-refractivity contribution is 5.89. The van der Waals surface area contributed by atoms with Gasteiger partial charge in [-0.2, -0.15) is 0 Å². The second-order valence-corrected chi connectivity index (χ2v) is 4.70. The third kappa shape index (κ3) is 4.10. The Kier molecular flexibility index (Phi) is 4.74. The highest BCUT2D eigenvalue weighted by atomic mass is 16.2. The van der Waals surface area contributed by atoms with Crippen LogP contribution in [0, 0.1) is 6.92 Å². The minimum atomic E-state index is -0.222. The van der Waals surface area contributed by atoms with Gasteiger partial charge >= 0.3 is 6.03 Å². The van der Waals surface area contributed by atoms with E-state index in [4.69, 9.17) is 5.73 Å². The molecule has 0 heterocycles. The van der Waals surface area contributed by atoms with E-state index in [1.54, 1.807) is 0 Å². The maximum Gasteiger partial charge on any atom is 0.319 e. The molecule has 0 spiro atoms. The van der Waals surface area contributed by atoms with Gasteiger partial charge in [-0.3, -0.25) is 0 Å². The molecule has 0 aliphatic heterocycles. The van der Waals surface area contributed by atoms with Crippen molar-refractivity contribution in [3.05, 3.63) is 65.2 Å². The molecule has 2 rings (SSSR count). The molecule has 0 atom stereocenters. The van der Waals surface area contributed by atoms with Gasteiger partial charge in [0.1, 0.15) is 0 Å². The van der Waals surface area contributed by atoms with Crippen LogP contribution in [0.1, 0.15) is 16.7 Å². The molecule has 2 aromatic rings. The Hall–Kier alpha value is -2.33. The van der Waals surface area contributed by atoms with Gasteiger partial charge in [-0.1, -0.05) is 42.0 Å². The lowest BCUT2D eigenvalue weighted by Crippen LogP contribution is -2.28. The van der Waals surface area contributed by atoms with Crippen LogP contribution in [-0.2, 0) is 13.1 Å². The molecule has 0 fully saturated rings. The first-order valence-electron chi connectivity index (χ1n) is 6.57. The van der Waals surface area contributed by atoms with E-state index in [9.17, 15) is 4.79 Å². The lowest BCUT2D eigenvalue weighted by molar-refractivity contribution is 0.251. The molecule has 0 saturated heterocycles. The van der Waals surface area contributed by atoms with Crippen molar-refractivity contribution in [1.29, 1.82) is 0 Å². The quantitative estimate of drug-likeness (QED) is 0.799. The fraction of sp³-hybridized carbons (Fsp3) is 0.188. The highest BCUT2D eigenvalue weighted by Gasteiger charge is 2.02. The third-order valence-corrected chi connectivity index (χ3v) is 2.96. The number of nitrogens with two attached hydrogens (primary N) is 1. The van der Waals surface area contributed by atoms with E-state index in [0.29, 0.717) is 13.1 Å². The average molecular weight is 269 g/mol. The van der Waals surface area contributed by atoms with Crippen molar-refractivity contribution < 1.29 is 4.79 Å². The zero-order chi connectivity index (χ0) is 14.4.